The van der Waals surface area contributed by atoms with Crippen molar-refractivity contribution >= 4 is 5.97 Å². The second-order valence-corrected chi connectivity index (χ2v) is 18.5. The van der Waals surface area contributed by atoms with Crippen molar-refractivity contribution < 1.29 is 9.53 Å². The molecule has 0 fully saturated rings. The topological polar surface area (TPSA) is 26.3 Å². The molecule has 56 heavy (non-hydrogen) atoms. The maximum Gasteiger partial charge on any atom is 0.305 e. The second-order valence-electron chi connectivity index (χ2n) is 18.5. The first-order valence-electron chi connectivity index (χ1n) is 26.5. The van der Waals surface area contributed by atoms with Crippen LogP contribution < -0.4 is 0 Å². The normalized spacial score (nSPS) is 12.3. The lowest BCUT2D eigenvalue weighted by Crippen LogP contribution is -2.05. The van der Waals surface area contributed by atoms with Crippen LogP contribution in [-0.2, 0) is 9.53 Å². The maximum absolute atomic E-state index is 12.0. The minimum atomic E-state index is 0.0187. The van der Waals surface area contributed by atoms with Gasteiger partial charge in [-0.1, -0.05) is 290 Å². The van der Waals surface area contributed by atoms with E-state index in [0.29, 0.717) is 13.0 Å². The Labute approximate surface area is 355 Å². The third-order valence-electron chi connectivity index (χ3n) is 12.7. The Morgan fingerprint density at radius 1 is 0.375 bits per heavy atom. The van der Waals surface area contributed by atoms with Crippen molar-refractivity contribution in [2.75, 3.05) is 6.61 Å². The highest BCUT2D eigenvalue weighted by atomic mass is 16.5. The summed E-state index contributed by atoms with van der Waals surface area (Å²) in [6, 6.07) is 0. The number of allylic oxidation sites excluding steroid dienone is 2. The van der Waals surface area contributed by atoms with E-state index < -0.39 is 0 Å². The molecule has 0 aliphatic heterocycles. The summed E-state index contributed by atoms with van der Waals surface area (Å²) in [6.07, 6.45) is 68.0. The van der Waals surface area contributed by atoms with Gasteiger partial charge in [-0.25, -0.2) is 0 Å². The fraction of sp³-hybridized carbons (Fsp3) is 0.944. The van der Waals surface area contributed by atoms with Gasteiger partial charge in [0, 0.05) is 6.42 Å². The Morgan fingerprint density at radius 3 is 1.00 bits per heavy atom. The molecule has 0 bridgehead atoms. The standard InChI is InChI=1S/C54H106O2/c1-4-6-7-8-9-10-35-39-42-45-48-51-54(55)56-52-49-46-43-40-37-34-32-30-28-26-24-22-20-18-16-14-12-11-13-15-17-19-21-23-25-27-29-31-33-36-38-41-44-47-50-53(3)5-2/h8-9,53H,4-7,10-52H2,1-3H3/b9-8-. The monoisotopic (exact) mass is 787 g/mol. The third-order valence-corrected chi connectivity index (χ3v) is 12.7. The molecule has 0 heterocycles. The molecule has 1 atom stereocenters. The average Bonchev–Trinajstić information content (AvgIpc) is 3.20. The highest BCUT2D eigenvalue weighted by molar-refractivity contribution is 5.69. The predicted octanol–water partition coefficient (Wildman–Crippen LogP) is 19.7. The van der Waals surface area contributed by atoms with Crippen molar-refractivity contribution in [1.29, 1.82) is 0 Å². The zero-order chi connectivity index (χ0) is 40.5. The number of rotatable bonds is 49. The summed E-state index contributed by atoms with van der Waals surface area (Å²) in [7, 11) is 0. The number of hydrogen-bond acceptors (Lipinski definition) is 2. The van der Waals surface area contributed by atoms with Gasteiger partial charge in [0.2, 0.25) is 0 Å². The quantitative estimate of drug-likeness (QED) is 0.0349. The maximum atomic E-state index is 12.0. The van der Waals surface area contributed by atoms with E-state index in [0.717, 1.165) is 25.2 Å². The first kappa shape index (κ1) is 55.2. The minimum Gasteiger partial charge on any atom is -0.466 e. The molecule has 0 aliphatic carbocycles. The summed E-state index contributed by atoms with van der Waals surface area (Å²) in [4.78, 5) is 12.0. The summed E-state index contributed by atoms with van der Waals surface area (Å²) >= 11 is 0. The van der Waals surface area contributed by atoms with Gasteiger partial charge in [-0.2, -0.15) is 0 Å². The molecule has 0 amide bonds. The molecule has 0 rings (SSSR count). The molecule has 0 aliphatic rings. The van der Waals surface area contributed by atoms with E-state index in [1.807, 2.05) is 0 Å². The van der Waals surface area contributed by atoms with Gasteiger partial charge in [0.25, 0.3) is 0 Å². The van der Waals surface area contributed by atoms with Gasteiger partial charge in [-0.05, 0) is 38.0 Å². The molecule has 0 spiro atoms. The van der Waals surface area contributed by atoms with Gasteiger partial charge >= 0.3 is 5.97 Å². The van der Waals surface area contributed by atoms with E-state index >= 15 is 0 Å². The smallest absolute Gasteiger partial charge is 0.305 e. The van der Waals surface area contributed by atoms with E-state index in [1.165, 1.54) is 270 Å². The summed E-state index contributed by atoms with van der Waals surface area (Å²) in [5, 5.41) is 0. The number of hydrogen-bond donors (Lipinski definition) is 0. The Kier molecular flexibility index (Phi) is 49.6. The van der Waals surface area contributed by atoms with Gasteiger partial charge in [0.05, 0.1) is 6.61 Å². The van der Waals surface area contributed by atoms with Crippen LogP contribution in [0.1, 0.15) is 316 Å². The SMILES string of the molecule is CCCC/C=C\CCCCCCCC(=O)OCCCCCCCCCCCCCCCCCCCCCCCCCCCCCCCCCCCCC(C)CC. The van der Waals surface area contributed by atoms with Crippen LogP contribution in [0.3, 0.4) is 0 Å². The van der Waals surface area contributed by atoms with Crippen molar-refractivity contribution in [3.63, 3.8) is 0 Å². The van der Waals surface area contributed by atoms with Gasteiger partial charge < -0.3 is 4.74 Å². The lowest BCUT2D eigenvalue weighted by molar-refractivity contribution is -0.143. The molecule has 1 unspecified atom stereocenters. The van der Waals surface area contributed by atoms with Crippen LogP contribution >= 0.6 is 0 Å². The highest BCUT2D eigenvalue weighted by Gasteiger charge is 2.03. The molecule has 0 N–H and O–H groups in total. The Bertz CT molecular complexity index is 743. The largest absolute Gasteiger partial charge is 0.466 e. The fourth-order valence-electron chi connectivity index (χ4n) is 8.33. The van der Waals surface area contributed by atoms with Crippen LogP contribution in [0.15, 0.2) is 12.2 Å². The minimum absolute atomic E-state index is 0.0187. The predicted molar refractivity (Wildman–Crippen MR) is 253 cm³/mol. The van der Waals surface area contributed by atoms with Crippen LogP contribution in [0.4, 0.5) is 0 Å². The van der Waals surface area contributed by atoms with E-state index in [2.05, 4.69) is 32.9 Å². The Morgan fingerprint density at radius 2 is 0.661 bits per heavy atom. The first-order chi connectivity index (χ1) is 27.7. The molecule has 0 saturated carbocycles. The number of carbonyl (C=O) groups is 1. The van der Waals surface area contributed by atoms with Crippen molar-refractivity contribution in [2.45, 2.75) is 316 Å². The summed E-state index contributed by atoms with van der Waals surface area (Å²) in [5.41, 5.74) is 0. The molecule has 2 heteroatoms. The second kappa shape index (κ2) is 50.4. The molecular weight excluding hydrogens is 681 g/mol. The van der Waals surface area contributed by atoms with Gasteiger partial charge in [-0.15, -0.1) is 0 Å². The first-order valence-corrected chi connectivity index (χ1v) is 26.5. The van der Waals surface area contributed by atoms with Crippen molar-refractivity contribution in [3.05, 3.63) is 12.2 Å². The molecular formula is C54H106O2. The zero-order valence-corrected chi connectivity index (χ0v) is 39.3. The lowest BCUT2D eigenvalue weighted by Gasteiger charge is -2.07. The van der Waals surface area contributed by atoms with Gasteiger partial charge in [0.15, 0.2) is 0 Å². The highest BCUT2D eigenvalue weighted by Crippen LogP contribution is 2.18. The molecule has 0 aromatic rings. The van der Waals surface area contributed by atoms with E-state index in [4.69, 9.17) is 4.74 Å². The molecule has 0 aromatic heterocycles. The van der Waals surface area contributed by atoms with Crippen molar-refractivity contribution in [3.8, 4) is 0 Å². The number of unbranched alkanes of at least 4 members (excludes halogenated alkanes) is 40. The fourth-order valence-corrected chi connectivity index (χ4v) is 8.33. The van der Waals surface area contributed by atoms with Gasteiger partial charge in [0.1, 0.15) is 0 Å². The van der Waals surface area contributed by atoms with Crippen molar-refractivity contribution in [1.82, 2.24) is 0 Å². The van der Waals surface area contributed by atoms with E-state index in [-0.39, 0.29) is 5.97 Å². The number of carbonyl (C=O) groups excluding carboxylic acids is 1. The average molecular weight is 787 g/mol. The van der Waals surface area contributed by atoms with Crippen LogP contribution in [0, 0.1) is 5.92 Å². The van der Waals surface area contributed by atoms with Crippen molar-refractivity contribution in [2.24, 2.45) is 5.92 Å². The number of esters is 1. The van der Waals surface area contributed by atoms with E-state index in [1.54, 1.807) is 0 Å². The molecule has 0 aromatic carbocycles. The lowest BCUT2D eigenvalue weighted by atomic mass is 9.99. The molecule has 334 valence electrons. The van der Waals surface area contributed by atoms with E-state index in [9.17, 15) is 4.79 Å². The zero-order valence-electron chi connectivity index (χ0n) is 39.3. The Hall–Kier alpha value is -0.790. The summed E-state index contributed by atoms with van der Waals surface area (Å²) in [5.74, 6) is 0.960. The van der Waals surface area contributed by atoms with Crippen LogP contribution in [0.2, 0.25) is 0 Å². The molecule has 0 radical (unpaired) electrons. The molecule has 2 nitrogen and oxygen atoms in total. The van der Waals surface area contributed by atoms with Crippen LogP contribution in [0.25, 0.3) is 0 Å². The van der Waals surface area contributed by atoms with Crippen LogP contribution in [0.5, 0.6) is 0 Å². The summed E-state index contributed by atoms with van der Waals surface area (Å²) in [6.45, 7) is 7.61. The number of ether oxygens (including phenoxy) is 1. The van der Waals surface area contributed by atoms with Crippen LogP contribution in [-0.4, -0.2) is 12.6 Å². The summed E-state index contributed by atoms with van der Waals surface area (Å²) < 4.78 is 5.46. The molecule has 0 saturated heterocycles. The Balaban J connectivity index is 3.13. The van der Waals surface area contributed by atoms with Gasteiger partial charge in [-0.3, -0.25) is 4.79 Å². The third kappa shape index (κ3) is 49.4.